The zero-order chi connectivity index (χ0) is 11.5. The van der Waals surface area contributed by atoms with Gasteiger partial charge in [-0.05, 0) is 31.5 Å². The fourth-order valence-electron chi connectivity index (χ4n) is 1.49. The molecular formula is C11H16ClNO2. The number of rotatable bonds is 4. The minimum Gasteiger partial charge on any atom is -0.496 e. The lowest BCUT2D eigenvalue weighted by Crippen LogP contribution is -2.34. The summed E-state index contributed by atoms with van der Waals surface area (Å²) in [6, 6.07) is 5.30. The number of hydrogen-bond donors (Lipinski definition) is 2. The zero-order valence-electron chi connectivity index (χ0n) is 8.96. The molecule has 1 aromatic rings. The van der Waals surface area contributed by atoms with Gasteiger partial charge in [0.15, 0.2) is 0 Å². The molecule has 0 saturated heterocycles. The van der Waals surface area contributed by atoms with Crippen molar-refractivity contribution in [2.45, 2.75) is 18.9 Å². The van der Waals surface area contributed by atoms with Crippen molar-refractivity contribution in [1.29, 1.82) is 0 Å². The molecule has 0 aliphatic rings. The lowest BCUT2D eigenvalue weighted by molar-refractivity contribution is 0.244. The van der Waals surface area contributed by atoms with Crippen molar-refractivity contribution in [2.24, 2.45) is 5.73 Å². The van der Waals surface area contributed by atoms with E-state index in [0.29, 0.717) is 17.2 Å². The van der Waals surface area contributed by atoms with Crippen molar-refractivity contribution in [3.8, 4) is 5.75 Å². The molecule has 3 nitrogen and oxygen atoms in total. The first kappa shape index (κ1) is 12.3. The van der Waals surface area contributed by atoms with E-state index in [0.717, 1.165) is 5.56 Å². The van der Waals surface area contributed by atoms with Gasteiger partial charge < -0.3 is 15.6 Å². The SMILES string of the molecule is COc1ccc(Cl)cc1C(C)(N)CCO. The van der Waals surface area contributed by atoms with Crippen LogP contribution >= 0.6 is 11.6 Å². The van der Waals surface area contributed by atoms with Crippen LogP contribution in [0, 0.1) is 0 Å². The second-order valence-corrected chi connectivity index (χ2v) is 4.17. The number of benzene rings is 1. The van der Waals surface area contributed by atoms with Crippen LogP contribution in [0.4, 0.5) is 0 Å². The topological polar surface area (TPSA) is 55.5 Å². The average molecular weight is 230 g/mol. The summed E-state index contributed by atoms with van der Waals surface area (Å²) in [7, 11) is 1.59. The molecule has 1 atom stereocenters. The molecule has 3 N–H and O–H groups in total. The van der Waals surface area contributed by atoms with Gasteiger partial charge in [0, 0.05) is 22.7 Å². The predicted octanol–water partition coefficient (Wildman–Crippen LogP) is 1.90. The molecule has 0 aromatic heterocycles. The predicted molar refractivity (Wildman–Crippen MR) is 61.2 cm³/mol. The van der Waals surface area contributed by atoms with Gasteiger partial charge in [0.1, 0.15) is 5.75 Å². The van der Waals surface area contributed by atoms with E-state index in [-0.39, 0.29) is 6.61 Å². The summed E-state index contributed by atoms with van der Waals surface area (Å²) in [4.78, 5) is 0. The molecule has 4 heteroatoms. The van der Waals surface area contributed by atoms with Gasteiger partial charge in [-0.25, -0.2) is 0 Å². The van der Waals surface area contributed by atoms with Crippen LogP contribution in [0.2, 0.25) is 5.02 Å². The summed E-state index contributed by atoms with van der Waals surface area (Å²) in [6.45, 7) is 1.88. The third-order valence-corrected chi connectivity index (χ3v) is 2.64. The average Bonchev–Trinajstić information content (AvgIpc) is 2.17. The Balaban J connectivity index is 3.15. The highest BCUT2D eigenvalue weighted by Crippen LogP contribution is 2.32. The number of aliphatic hydroxyl groups is 1. The van der Waals surface area contributed by atoms with Crippen LogP contribution in [-0.2, 0) is 5.54 Å². The number of ether oxygens (including phenoxy) is 1. The van der Waals surface area contributed by atoms with E-state index in [1.807, 2.05) is 6.92 Å². The maximum absolute atomic E-state index is 8.94. The molecular weight excluding hydrogens is 214 g/mol. The van der Waals surface area contributed by atoms with Crippen LogP contribution < -0.4 is 10.5 Å². The highest BCUT2D eigenvalue weighted by molar-refractivity contribution is 6.30. The zero-order valence-corrected chi connectivity index (χ0v) is 9.71. The molecule has 0 heterocycles. The van der Waals surface area contributed by atoms with E-state index in [2.05, 4.69) is 0 Å². The monoisotopic (exact) mass is 229 g/mol. The molecule has 0 aliphatic heterocycles. The molecule has 0 spiro atoms. The minimum atomic E-state index is -0.634. The fraction of sp³-hybridized carbons (Fsp3) is 0.455. The van der Waals surface area contributed by atoms with Gasteiger partial charge in [-0.2, -0.15) is 0 Å². The molecule has 0 amide bonds. The Morgan fingerprint density at radius 3 is 2.73 bits per heavy atom. The number of halogens is 1. The molecule has 1 unspecified atom stereocenters. The van der Waals surface area contributed by atoms with Gasteiger partial charge in [-0.15, -0.1) is 0 Å². The Hall–Kier alpha value is -0.770. The summed E-state index contributed by atoms with van der Waals surface area (Å²) in [5.41, 5.74) is 6.27. The van der Waals surface area contributed by atoms with Gasteiger partial charge in [0.2, 0.25) is 0 Å². The van der Waals surface area contributed by atoms with Gasteiger partial charge in [0.25, 0.3) is 0 Å². The van der Waals surface area contributed by atoms with Crippen molar-refractivity contribution >= 4 is 11.6 Å². The van der Waals surface area contributed by atoms with E-state index >= 15 is 0 Å². The van der Waals surface area contributed by atoms with E-state index < -0.39 is 5.54 Å². The number of methoxy groups -OCH3 is 1. The molecule has 0 aliphatic carbocycles. The Kier molecular flexibility index (Phi) is 3.97. The first-order valence-electron chi connectivity index (χ1n) is 4.75. The number of aliphatic hydroxyl groups excluding tert-OH is 1. The first-order valence-corrected chi connectivity index (χ1v) is 5.13. The molecule has 0 saturated carbocycles. The van der Waals surface area contributed by atoms with E-state index in [9.17, 15) is 0 Å². The quantitative estimate of drug-likeness (QED) is 0.829. The number of nitrogens with two attached hydrogens (primary N) is 1. The normalized spacial score (nSPS) is 14.7. The second kappa shape index (κ2) is 4.84. The van der Waals surface area contributed by atoms with E-state index in [4.69, 9.17) is 27.2 Å². The van der Waals surface area contributed by atoms with Crippen LogP contribution in [0.3, 0.4) is 0 Å². The smallest absolute Gasteiger partial charge is 0.124 e. The first-order chi connectivity index (χ1) is 7.01. The second-order valence-electron chi connectivity index (χ2n) is 3.74. The van der Waals surface area contributed by atoms with Crippen LogP contribution in [0.1, 0.15) is 18.9 Å². The lowest BCUT2D eigenvalue weighted by atomic mass is 9.89. The van der Waals surface area contributed by atoms with Crippen molar-refractivity contribution in [1.82, 2.24) is 0 Å². The third-order valence-electron chi connectivity index (χ3n) is 2.41. The minimum absolute atomic E-state index is 0.0304. The largest absolute Gasteiger partial charge is 0.496 e. The Morgan fingerprint density at radius 1 is 1.53 bits per heavy atom. The summed E-state index contributed by atoms with van der Waals surface area (Å²) >= 11 is 5.91. The molecule has 0 fully saturated rings. The molecule has 0 bridgehead atoms. The molecule has 1 aromatic carbocycles. The summed E-state index contributed by atoms with van der Waals surface area (Å²) in [5, 5.41) is 9.55. The van der Waals surface area contributed by atoms with Crippen LogP contribution in [-0.4, -0.2) is 18.8 Å². The van der Waals surface area contributed by atoms with Gasteiger partial charge in [-0.3, -0.25) is 0 Å². The van der Waals surface area contributed by atoms with Gasteiger partial charge in [-0.1, -0.05) is 11.6 Å². The highest BCUT2D eigenvalue weighted by atomic mass is 35.5. The van der Waals surface area contributed by atoms with E-state index in [1.165, 1.54) is 0 Å². The van der Waals surface area contributed by atoms with Crippen molar-refractivity contribution < 1.29 is 9.84 Å². The van der Waals surface area contributed by atoms with Gasteiger partial charge >= 0.3 is 0 Å². The highest BCUT2D eigenvalue weighted by Gasteiger charge is 2.24. The molecule has 0 radical (unpaired) electrons. The number of hydrogen-bond acceptors (Lipinski definition) is 3. The Labute approximate surface area is 94.8 Å². The van der Waals surface area contributed by atoms with Crippen LogP contribution in [0.15, 0.2) is 18.2 Å². The summed E-state index contributed by atoms with van der Waals surface area (Å²) in [5.74, 6) is 0.692. The van der Waals surface area contributed by atoms with Crippen molar-refractivity contribution in [2.75, 3.05) is 13.7 Å². The lowest BCUT2D eigenvalue weighted by Gasteiger charge is -2.26. The van der Waals surface area contributed by atoms with Crippen LogP contribution in [0.25, 0.3) is 0 Å². The maximum atomic E-state index is 8.94. The van der Waals surface area contributed by atoms with Gasteiger partial charge in [0.05, 0.1) is 7.11 Å². The standard InChI is InChI=1S/C11H16ClNO2/c1-11(13,5-6-14)9-7-8(12)3-4-10(9)15-2/h3-4,7,14H,5-6,13H2,1-2H3. The van der Waals surface area contributed by atoms with Crippen LogP contribution in [0.5, 0.6) is 5.75 Å². The van der Waals surface area contributed by atoms with Crippen molar-refractivity contribution in [3.63, 3.8) is 0 Å². The Bertz CT molecular complexity index is 339. The molecule has 84 valence electrons. The third kappa shape index (κ3) is 2.84. The fourth-order valence-corrected chi connectivity index (χ4v) is 1.67. The Morgan fingerprint density at radius 2 is 2.20 bits per heavy atom. The summed E-state index contributed by atoms with van der Waals surface area (Å²) < 4.78 is 5.21. The molecule has 1 rings (SSSR count). The summed E-state index contributed by atoms with van der Waals surface area (Å²) in [6.07, 6.45) is 0.462. The van der Waals surface area contributed by atoms with Crippen molar-refractivity contribution in [3.05, 3.63) is 28.8 Å². The van der Waals surface area contributed by atoms with E-state index in [1.54, 1.807) is 25.3 Å². The molecule has 15 heavy (non-hydrogen) atoms. The maximum Gasteiger partial charge on any atom is 0.124 e.